The summed E-state index contributed by atoms with van der Waals surface area (Å²) in [6, 6.07) is 0. The monoisotopic (exact) mass is 336 g/mol. The lowest BCUT2D eigenvalue weighted by atomic mass is 10.7. The smallest absolute Gasteiger partial charge is 0.310 e. The van der Waals surface area contributed by atoms with E-state index in [0.29, 0.717) is 0 Å². The van der Waals surface area contributed by atoms with Gasteiger partial charge in [0.2, 0.25) is 7.59 Å². The standard InChI is InChI=1S/C4H6O3.C2Cl6/c1-3(5)7-4(2)6;3-1(4,5)2(6,7)8/h1-2H3;. The lowest BCUT2D eigenvalue weighted by Gasteiger charge is -2.19. The molecule has 90 valence electrons. The van der Waals surface area contributed by atoms with Crippen molar-refractivity contribution in [3.63, 3.8) is 0 Å². The van der Waals surface area contributed by atoms with Crippen LogP contribution in [0, 0.1) is 0 Å². The van der Waals surface area contributed by atoms with Crippen LogP contribution >= 0.6 is 69.6 Å². The van der Waals surface area contributed by atoms with Crippen molar-refractivity contribution in [3.8, 4) is 0 Å². The first-order valence-electron chi connectivity index (χ1n) is 3.20. The van der Waals surface area contributed by atoms with E-state index in [4.69, 9.17) is 69.6 Å². The second kappa shape index (κ2) is 7.25. The number of carbonyl (C=O) groups is 2. The Hall–Kier alpha value is 0.880. The summed E-state index contributed by atoms with van der Waals surface area (Å²) in [6.45, 7) is 2.36. The summed E-state index contributed by atoms with van der Waals surface area (Å²) >= 11 is 30.9. The lowest BCUT2D eigenvalue weighted by molar-refractivity contribution is -0.156. The minimum atomic E-state index is -1.85. The summed E-state index contributed by atoms with van der Waals surface area (Å²) in [6.07, 6.45) is 0. The SMILES string of the molecule is CC(=O)OC(C)=O.ClC(Cl)(Cl)C(Cl)(Cl)Cl. The zero-order chi connectivity index (χ0) is 12.9. The second-order valence-electron chi connectivity index (χ2n) is 2.08. The molecule has 0 saturated carbocycles. The summed E-state index contributed by atoms with van der Waals surface area (Å²) in [4.78, 5) is 19.6. The maximum Gasteiger partial charge on any atom is 0.310 e. The van der Waals surface area contributed by atoms with E-state index in [1.807, 2.05) is 0 Å². The van der Waals surface area contributed by atoms with Crippen molar-refractivity contribution in [1.82, 2.24) is 0 Å². The molecule has 0 radical (unpaired) electrons. The fourth-order valence-corrected chi connectivity index (χ4v) is 0.202. The van der Waals surface area contributed by atoms with Gasteiger partial charge in [-0.05, 0) is 0 Å². The molecule has 0 amide bonds. The quantitative estimate of drug-likeness (QED) is 0.383. The molecule has 0 N–H and O–H groups in total. The Morgan fingerprint density at radius 3 is 1.00 bits per heavy atom. The van der Waals surface area contributed by atoms with E-state index in [1.165, 1.54) is 13.8 Å². The first kappa shape index (κ1) is 18.3. The Bertz CT molecular complexity index is 204. The summed E-state index contributed by atoms with van der Waals surface area (Å²) in [5, 5.41) is 0. The van der Waals surface area contributed by atoms with E-state index >= 15 is 0 Å². The molecule has 0 aliphatic rings. The zero-order valence-electron chi connectivity index (χ0n) is 7.49. The van der Waals surface area contributed by atoms with Gasteiger partial charge >= 0.3 is 11.9 Å². The molecule has 0 unspecified atom stereocenters. The largest absolute Gasteiger partial charge is 0.394 e. The molecule has 0 fully saturated rings. The molecule has 0 rings (SSSR count). The number of hydrogen-bond acceptors (Lipinski definition) is 3. The summed E-state index contributed by atoms with van der Waals surface area (Å²) in [7, 11) is 0. The minimum absolute atomic E-state index is 0.562. The first-order chi connectivity index (χ1) is 6.38. The topological polar surface area (TPSA) is 43.4 Å². The third-order valence-electron chi connectivity index (χ3n) is 0.609. The van der Waals surface area contributed by atoms with Crippen LogP contribution in [0.1, 0.15) is 13.8 Å². The van der Waals surface area contributed by atoms with Crippen molar-refractivity contribution in [2.45, 2.75) is 21.4 Å². The molecule has 0 atom stereocenters. The predicted octanol–water partition coefficient (Wildman–Crippen LogP) is 3.82. The van der Waals surface area contributed by atoms with E-state index in [9.17, 15) is 9.59 Å². The molecule has 0 aromatic heterocycles. The third-order valence-corrected chi connectivity index (χ3v) is 3.18. The van der Waals surface area contributed by atoms with Crippen LogP contribution in [0.15, 0.2) is 0 Å². The van der Waals surface area contributed by atoms with E-state index in [0.717, 1.165) is 0 Å². The number of esters is 2. The Labute approximate surface area is 117 Å². The molecule has 0 heterocycles. The highest BCUT2D eigenvalue weighted by molar-refractivity contribution is 6.83. The van der Waals surface area contributed by atoms with Crippen molar-refractivity contribution in [3.05, 3.63) is 0 Å². The average molecular weight is 339 g/mol. The normalized spacial score (nSPS) is 11.2. The summed E-state index contributed by atoms with van der Waals surface area (Å²) in [5.74, 6) is -1.12. The van der Waals surface area contributed by atoms with E-state index in [1.54, 1.807) is 0 Å². The average Bonchev–Trinajstić information content (AvgIpc) is 1.78. The molecule has 0 aliphatic heterocycles. The highest BCUT2D eigenvalue weighted by atomic mass is 35.6. The maximum atomic E-state index is 9.81. The van der Waals surface area contributed by atoms with Crippen molar-refractivity contribution < 1.29 is 14.3 Å². The Morgan fingerprint density at radius 1 is 0.800 bits per heavy atom. The first-order valence-corrected chi connectivity index (χ1v) is 5.47. The van der Waals surface area contributed by atoms with Crippen molar-refractivity contribution in [2.75, 3.05) is 0 Å². The van der Waals surface area contributed by atoms with Gasteiger partial charge in [0.1, 0.15) is 0 Å². The molecule has 15 heavy (non-hydrogen) atoms. The number of halogens is 6. The number of ether oxygens (including phenoxy) is 1. The van der Waals surface area contributed by atoms with Gasteiger partial charge in [0.25, 0.3) is 0 Å². The molecule has 0 bridgehead atoms. The van der Waals surface area contributed by atoms with Gasteiger partial charge < -0.3 is 4.74 Å². The van der Waals surface area contributed by atoms with Gasteiger partial charge in [-0.2, -0.15) is 0 Å². The number of hydrogen-bond donors (Lipinski definition) is 0. The van der Waals surface area contributed by atoms with Crippen LogP contribution < -0.4 is 0 Å². The predicted molar refractivity (Wildman–Crippen MR) is 63.0 cm³/mol. The number of carbonyl (C=O) groups excluding carboxylic acids is 2. The Kier molecular flexibility index (Phi) is 8.83. The van der Waals surface area contributed by atoms with Gasteiger partial charge in [-0.1, -0.05) is 69.6 Å². The van der Waals surface area contributed by atoms with Gasteiger partial charge in [0.05, 0.1) is 0 Å². The fourth-order valence-electron chi connectivity index (χ4n) is 0.202. The van der Waals surface area contributed by atoms with Crippen molar-refractivity contribution >= 4 is 81.5 Å². The van der Waals surface area contributed by atoms with Crippen molar-refractivity contribution in [1.29, 1.82) is 0 Å². The van der Waals surface area contributed by atoms with Crippen LogP contribution in [-0.4, -0.2) is 19.5 Å². The third kappa shape index (κ3) is 12.8. The fraction of sp³-hybridized carbons (Fsp3) is 0.667. The molecular weight excluding hydrogens is 333 g/mol. The lowest BCUT2D eigenvalue weighted by Crippen LogP contribution is -2.23. The Balaban J connectivity index is 0. The number of rotatable bonds is 0. The highest BCUT2D eigenvalue weighted by Crippen LogP contribution is 2.48. The molecule has 0 aromatic rings. The van der Waals surface area contributed by atoms with Crippen LogP contribution in [0.2, 0.25) is 0 Å². The van der Waals surface area contributed by atoms with Crippen molar-refractivity contribution in [2.24, 2.45) is 0 Å². The van der Waals surface area contributed by atoms with E-state index in [-0.39, 0.29) is 0 Å². The second-order valence-corrected chi connectivity index (χ2v) is 6.64. The van der Waals surface area contributed by atoms with Crippen LogP contribution in [-0.2, 0) is 14.3 Å². The zero-order valence-corrected chi connectivity index (χ0v) is 12.0. The van der Waals surface area contributed by atoms with Gasteiger partial charge in [0, 0.05) is 13.8 Å². The maximum absolute atomic E-state index is 9.81. The summed E-state index contributed by atoms with van der Waals surface area (Å²) in [5.41, 5.74) is 0. The van der Waals surface area contributed by atoms with E-state index < -0.39 is 19.5 Å². The molecule has 9 heteroatoms. The van der Waals surface area contributed by atoms with Crippen LogP contribution in [0.4, 0.5) is 0 Å². The van der Waals surface area contributed by atoms with Gasteiger partial charge in [-0.15, -0.1) is 0 Å². The molecule has 0 aromatic carbocycles. The molecular formula is C6H6Cl6O3. The molecule has 0 spiro atoms. The molecule has 3 nitrogen and oxygen atoms in total. The summed E-state index contributed by atoms with van der Waals surface area (Å²) < 4.78 is 0.273. The van der Waals surface area contributed by atoms with Gasteiger partial charge in [0.15, 0.2) is 0 Å². The Morgan fingerprint density at radius 2 is 1.00 bits per heavy atom. The number of alkyl halides is 6. The van der Waals surface area contributed by atoms with Crippen LogP contribution in [0.5, 0.6) is 0 Å². The van der Waals surface area contributed by atoms with Crippen LogP contribution in [0.3, 0.4) is 0 Å². The van der Waals surface area contributed by atoms with Crippen LogP contribution in [0.25, 0.3) is 0 Å². The van der Waals surface area contributed by atoms with E-state index in [2.05, 4.69) is 4.74 Å². The molecule has 0 saturated heterocycles. The van der Waals surface area contributed by atoms with Gasteiger partial charge in [-0.3, -0.25) is 9.59 Å². The highest BCUT2D eigenvalue weighted by Gasteiger charge is 2.43. The minimum Gasteiger partial charge on any atom is -0.394 e. The molecule has 0 aliphatic carbocycles. The van der Waals surface area contributed by atoms with Gasteiger partial charge in [-0.25, -0.2) is 0 Å².